The van der Waals surface area contributed by atoms with Crippen LogP contribution in [0.4, 0.5) is 13.2 Å². The van der Waals surface area contributed by atoms with Gasteiger partial charge in [0.15, 0.2) is 5.69 Å². The van der Waals surface area contributed by atoms with E-state index in [0.29, 0.717) is 5.69 Å². The highest BCUT2D eigenvalue weighted by Gasteiger charge is 2.34. The van der Waals surface area contributed by atoms with Crippen molar-refractivity contribution in [3.8, 4) is 0 Å². The summed E-state index contributed by atoms with van der Waals surface area (Å²) >= 11 is 0. The van der Waals surface area contributed by atoms with Crippen LogP contribution in [0.1, 0.15) is 17.0 Å². The van der Waals surface area contributed by atoms with Crippen molar-refractivity contribution in [1.29, 1.82) is 0 Å². The van der Waals surface area contributed by atoms with Gasteiger partial charge >= 0.3 is 6.18 Å². The summed E-state index contributed by atoms with van der Waals surface area (Å²) in [4.78, 5) is 7.37. The van der Waals surface area contributed by atoms with Gasteiger partial charge in [0.05, 0.1) is 5.69 Å². The minimum absolute atomic E-state index is 0.0745. The molecule has 0 aromatic carbocycles. The van der Waals surface area contributed by atoms with Crippen LogP contribution in [-0.2, 0) is 6.18 Å². The molecule has 0 atom stereocenters. The van der Waals surface area contributed by atoms with Gasteiger partial charge in [0.1, 0.15) is 0 Å². The molecular weight excluding hydrogens is 207 g/mol. The Kier molecular flexibility index (Phi) is 1.95. The van der Waals surface area contributed by atoms with Crippen LogP contribution < -0.4 is 0 Å². The third-order valence-corrected chi connectivity index (χ3v) is 2.02. The highest BCUT2D eigenvalue weighted by Crippen LogP contribution is 2.30. The molecule has 0 amide bonds. The second kappa shape index (κ2) is 2.95. The molecule has 2 aromatic heterocycles. The van der Waals surface area contributed by atoms with Gasteiger partial charge in [-0.3, -0.25) is 4.40 Å². The Morgan fingerprint density at radius 3 is 2.40 bits per heavy atom. The zero-order valence-electron chi connectivity index (χ0n) is 8.13. The molecule has 0 aliphatic rings. The lowest BCUT2D eigenvalue weighted by Gasteiger charge is -2.08. The molecule has 0 aliphatic carbocycles. The van der Waals surface area contributed by atoms with Crippen molar-refractivity contribution in [2.45, 2.75) is 20.0 Å². The van der Waals surface area contributed by atoms with Crippen LogP contribution in [0.5, 0.6) is 0 Å². The van der Waals surface area contributed by atoms with Crippen molar-refractivity contribution in [2.24, 2.45) is 0 Å². The van der Waals surface area contributed by atoms with E-state index in [1.165, 1.54) is 17.5 Å². The summed E-state index contributed by atoms with van der Waals surface area (Å²) in [5.41, 5.74) is -0.144. The molecule has 2 aromatic rings. The molecule has 15 heavy (non-hydrogen) atoms. The topological polar surface area (TPSA) is 30.2 Å². The van der Waals surface area contributed by atoms with Crippen LogP contribution in [0, 0.1) is 13.8 Å². The average Bonchev–Trinajstić information content (AvgIpc) is 2.40. The first-order chi connectivity index (χ1) is 6.88. The highest BCUT2D eigenvalue weighted by atomic mass is 19.4. The third kappa shape index (κ3) is 1.67. The smallest absolute Gasteiger partial charge is 0.291 e. The summed E-state index contributed by atoms with van der Waals surface area (Å²) in [6.07, 6.45) is -1.41. The van der Waals surface area contributed by atoms with Gasteiger partial charge in [-0.15, -0.1) is 0 Å². The number of nitrogens with zero attached hydrogens (tertiary/aromatic N) is 3. The van der Waals surface area contributed by atoms with Crippen molar-refractivity contribution in [1.82, 2.24) is 14.4 Å². The largest absolute Gasteiger partial charge is 0.433 e. The summed E-state index contributed by atoms with van der Waals surface area (Å²) in [6, 6.07) is 0. The lowest BCUT2D eigenvalue weighted by Crippen LogP contribution is -2.11. The van der Waals surface area contributed by atoms with Gasteiger partial charge in [0.25, 0.3) is 0 Å². The minimum Gasteiger partial charge on any atom is -0.291 e. The molecule has 0 bridgehead atoms. The fourth-order valence-electron chi connectivity index (χ4n) is 1.43. The van der Waals surface area contributed by atoms with Gasteiger partial charge in [-0.25, -0.2) is 9.97 Å². The number of halogens is 3. The standard InChI is InChI=1S/C9H8F3N3/c1-5-3-15-4-6(2)13-8(15)14-7(5)9(10,11)12/h3-4H,1-2H3. The van der Waals surface area contributed by atoms with E-state index < -0.39 is 11.9 Å². The summed E-state index contributed by atoms with van der Waals surface area (Å²) in [5, 5.41) is 0. The SMILES string of the molecule is Cc1cn2cc(C)c(C(F)(F)F)nc2n1. The fraction of sp³-hybridized carbons (Fsp3) is 0.333. The Morgan fingerprint density at radius 2 is 1.80 bits per heavy atom. The maximum absolute atomic E-state index is 12.5. The molecule has 0 saturated carbocycles. The molecule has 3 nitrogen and oxygen atoms in total. The van der Waals surface area contributed by atoms with Crippen molar-refractivity contribution in [3.63, 3.8) is 0 Å². The first-order valence-corrected chi connectivity index (χ1v) is 4.28. The summed E-state index contributed by atoms with van der Waals surface area (Å²) in [5.74, 6) is 0.0745. The lowest BCUT2D eigenvalue weighted by molar-refractivity contribution is -0.141. The summed E-state index contributed by atoms with van der Waals surface area (Å²) < 4.78 is 38.9. The number of hydrogen-bond acceptors (Lipinski definition) is 2. The number of fused-ring (bicyclic) bond motifs is 1. The Labute approximate surface area is 83.6 Å². The molecule has 2 heterocycles. The predicted molar refractivity (Wildman–Crippen MR) is 47.5 cm³/mol. The first-order valence-electron chi connectivity index (χ1n) is 4.28. The van der Waals surface area contributed by atoms with E-state index in [-0.39, 0.29) is 11.3 Å². The number of aromatic nitrogens is 3. The molecule has 0 saturated heterocycles. The van der Waals surface area contributed by atoms with Gasteiger partial charge in [0, 0.05) is 12.4 Å². The Hall–Kier alpha value is -1.59. The molecule has 6 heteroatoms. The maximum atomic E-state index is 12.5. The predicted octanol–water partition coefficient (Wildman–Crippen LogP) is 2.36. The summed E-state index contributed by atoms with van der Waals surface area (Å²) in [6.45, 7) is 3.09. The second-order valence-corrected chi connectivity index (χ2v) is 3.36. The number of alkyl halides is 3. The molecule has 0 N–H and O–H groups in total. The van der Waals surface area contributed by atoms with Crippen LogP contribution in [-0.4, -0.2) is 14.4 Å². The number of hydrogen-bond donors (Lipinski definition) is 0. The Bertz CT molecular complexity index is 513. The lowest BCUT2D eigenvalue weighted by atomic mass is 10.2. The van der Waals surface area contributed by atoms with Crippen molar-refractivity contribution < 1.29 is 13.2 Å². The first kappa shape index (κ1) is 9.95. The zero-order chi connectivity index (χ0) is 11.2. The molecule has 0 unspecified atom stereocenters. The van der Waals surface area contributed by atoms with Crippen LogP contribution in [0.15, 0.2) is 12.4 Å². The van der Waals surface area contributed by atoms with E-state index in [1.54, 1.807) is 13.1 Å². The van der Waals surface area contributed by atoms with Gasteiger partial charge < -0.3 is 0 Å². The molecule has 2 rings (SSSR count). The molecule has 0 fully saturated rings. The normalized spacial score (nSPS) is 12.3. The number of rotatable bonds is 0. The second-order valence-electron chi connectivity index (χ2n) is 3.36. The van der Waals surface area contributed by atoms with E-state index >= 15 is 0 Å². The van der Waals surface area contributed by atoms with Crippen molar-refractivity contribution >= 4 is 5.78 Å². The molecule has 0 aliphatic heterocycles. The minimum atomic E-state index is -4.42. The van der Waals surface area contributed by atoms with Crippen LogP contribution in [0.2, 0.25) is 0 Å². The molecule has 0 radical (unpaired) electrons. The van der Waals surface area contributed by atoms with E-state index in [0.717, 1.165) is 0 Å². The molecule has 80 valence electrons. The van der Waals surface area contributed by atoms with Gasteiger partial charge in [-0.2, -0.15) is 13.2 Å². The number of aryl methyl sites for hydroxylation is 2. The van der Waals surface area contributed by atoms with Crippen LogP contribution in [0.3, 0.4) is 0 Å². The number of imidazole rings is 1. The molecule has 0 spiro atoms. The van der Waals surface area contributed by atoms with E-state index in [2.05, 4.69) is 9.97 Å². The van der Waals surface area contributed by atoms with Gasteiger partial charge in [-0.1, -0.05) is 0 Å². The van der Waals surface area contributed by atoms with Crippen LogP contribution >= 0.6 is 0 Å². The maximum Gasteiger partial charge on any atom is 0.433 e. The van der Waals surface area contributed by atoms with Crippen molar-refractivity contribution in [2.75, 3.05) is 0 Å². The van der Waals surface area contributed by atoms with Crippen molar-refractivity contribution in [3.05, 3.63) is 29.3 Å². The van der Waals surface area contributed by atoms with E-state index in [4.69, 9.17) is 0 Å². The average molecular weight is 215 g/mol. The van der Waals surface area contributed by atoms with Gasteiger partial charge in [0.2, 0.25) is 5.78 Å². The Morgan fingerprint density at radius 1 is 1.13 bits per heavy atom. The monoisotopic (exact) mass is 215 g/mol. The summed E-state index contributed by atoms with van der Waals surface area (Å²) in [7, 11) is 0. The van der Waals surface area contributed by atoms with Crippen LogP contribution in [0.25, 0.3) is 5.78 Å². The van der Waals surface area contributed by atoms with Gasteiger partial charge in [-0.05, 0) is 19.4 Å². The highest BCUT2D eigenvalue weighted by molar-refractivity contribution is 5.35. The van der Waals surface area contributed by atoms with E-state index in [9.17, 15) is 13.2 Å². The zero-order valence-corrected chi connectivity index (χ0v) is 8.13. The molecular formula is C9H8F3N3. The fourth-order valence-corrected chi connectivity index (χ4v) is 1.43. The van der Waals surface area contributed by atoms with E-state index in [1.807, 2.05) is 0 Å². The third-order valence-electron chi connectivity index (χ3n) is 2.02. The quantitative estimate of drug-likeness (QED) is 0.675. The Balaban J connectivity index is 2.72.